The fraction of sp³-hybridized carbons (Fsp3) is 1.00. The summed E-state index contributed by atoms with van der Waals surface area (Å²) in [4.78, 5) is 0. The van der Waals surface area contributed by atoms with Crippen molar-refractivity contribution in [3.05, 3.63) is 0 Å². The minimum absolute atomic E-state index is 0.221. The van der Waals surface area contributed by atoms with Gasteiger partial charge in [-0.3, -0.25) is 0 Å². The molecule has 3 rings (SSSR count). The second-order valence-electron chi connectivity index (χ2n) is 6.47. The van der Waals surface area contributed by atoms with Gasteiger partial charge in [0, 0.05) is 12.6 Å². The second-order valence-corrected chi connectivity index (χ2v) is 6.47. The van der Waals surface area contributed by atoms with Crippen molar-refractivity contribution in [2.75, 3.05) is 6.54 Å². The molecule has 1 N–H and O–H groups in total. The van der Waals surface area contributed by atoms with E-state index in [9.17, 15) is 0 Å². The van der Waals surface area contributed by atoms with E-state index in [0.717, 1.165) is 12.5 Å². The standard InChI is InChI=1S/C15H27NO/c1-2-12-6-7-14-13(10-12)16-11-15(17-14)8-4-3-5-9-15/h12-14,16H,2-11H2,1H3. The van der Waals surface area contributed by atoms with Gasteiger partial charge in [-0.1, -0.05) is 32.6 Å². The minimum Gasteiger partial charge on any atom is -0.369 e. The van der Waals surface area contributed by atoms with Gasteiger partial charge in [0.25, 0.3) is 0 Å². The molecule has 0 bridgehead atoms. The van der Waals surface area contributed by atoms with Crippen LogP contribution in [-0.4, -0.2) is 24.3 Å². The molecule has 1 saturated heterocycles. The van der Waals surface area contributed by atoms with Gasteiger partial charge in [0.2, 0.25) is 0 Å². The molecule has 3 atom stereocenters. The van der Waals surface area contributed by atoms with Crippen LogP contribution in [0.4, 0.5) is 0 Å². The van der Waals surface area contributed by atoms with Crippen LogP contribution >= 0.6 is 0 Å². The van der Waals surface area contributed by atoms with Crippen LogP contribution in [-0.2, 0) is 4.74 Å². The van der Waals surface area contributed by atoms with Crippen molar-refractivity contribution in [2.45, 2.75) is 82.5 Å². The number of hydrogen-bond acceptors (Lipinski definition) is 2. The molecule has 2 heteroatoms. The molecule has 0 aromatic heterocycles. The Labute approximate surface area is 105 Å². The van der Waals surface area contributed by atoms with E-state index in [1.807, 2.05) is 0 Å². The Kier molecular flexibility index (Phi) is 3.45. The van der Waals surface area contributed by atoms with Crippen molar-refractivity contribution in [1.82, 2.24) is 5.32 Å². The van der Waals surface area contributed by atoms with Gasteiger partial charge in [0.1, 0.15) is 0 Å². The fourth-order valence-corrected chi connectivity index (χ4v) is 4.13. The van der Waals surface area contributed by atoms with Gasteiger partial charge in [0.15, 0.2) is 0 Å². The van der Waals surface area contributed by atoms with Gasteiger partial charge in [-0.2, -0.15) is 0 Å². The summed E-state index contributed by atoms with van der Waals surface area (Å²) in [6.07, 6.45) is 12.6. The Morgan fingerprint density at radius 2 is 2.00 bits per heavy atom. The van der Waals surface area contributed by atoms with Crippen LogP contribution in [0.5, 0.6) is 0 Å². The summed E-state index contributed by atoms with van der Waals surface area (Å²) in [6.45, 7) is 3.45. The first kappa shape index (κ1) is 12.0. The third-order valence-corrected chi connectivity index (χ3v) is 5.33. The van der Waals surface area contributed by atoms with E-state index in [1.165, 1.54) is 57.8 Å². The summed E-state index contributed by atoms with van der Waals surface area (Å²) in [5.41, 5.74) is 0.221. The molecule has 0 amide bonds. The molecule has 1 spiro atoms. The molecule has 0 aromatic rings. The maximum Gasteiger partial charge on any atom is 0.0810 e. The second kappa shape index (κ2) is 4.89. The van der Waals surface area contributed by atoms with Gasteiger partial charge >= 0.3 is 0 Å². The van der Waals surface area contributed by atoms with Crippen LogP contribution in [0, 0.1) is 5.92 Å². The Hall–Kier alpha value is -0.0800. The molecule has 2 saturated carbocycles. The van der Waals surface area contributed by atoms with Gasteiger partial charge in [-0.15, -0.1) is 0 Å². The number of rotatable bonds is 1. The maximum absolute atomic E-state index is 6.55. The summed E-state index contributed by atoms with van der Waals surface area (Å²) in [5, 5.41) is 3.82. The van der Waals surface area contributed by atoms with Crippen molar-refractivity contribution < 1.29 is 4.74 Å². The fourth-order valence-electron chi connectivity index (χ4n) is 4.13. The molecule has 1 heterocycles. The average Bonchev–Trinajstić information content (AvgIpc) is 2.39. The molecule has 0 radical (unpaired) electrons. The highest BCUT2D eigenvalue weighted by Gasteiger charge is 2.43. The van der Waals surface area contributed by atoms with Crippen LogP contribution in [0.15, 0.2) is 0 Å². The third kappa shape index (κ3) is 2.39. The minimum atomic E-state index is 0.221. The number of morpholine rings is 1. The van der Waals surface area contributed by atoms with E-state index in [2.05, 4.69) is 12.2 Å². The van der Waals surface area contributed by atoms with Crippen LogP contribution in [0.3, 0.4) is 0 Å². The van der Waals surface area contributed by atoms with E-state index < -0.39 is 0 Å². The molecule has 3 fully saturated rings. The highest BCUT2D eigenvalue weighted by atomic mass is 16.5. The smallest absolute Gasteiger partial charge is 0.0810 e. The Bertz CT molecular complexity index is 260. The van der Waals surface area contributed by atoms with E-state index >= 15 is 0 Å². The lowest BCUT2D eigenvalue weighted by molar-refractivity contribution is -0.164. The molecular weight excluding hydrogens is 210 g/mol. The molecular formula is C15H27NO. The molecule has 17 heavy (non-hydrogen) atoms. The first-order chi connectivity index (χ1) is 8.31. The van der Waals surface area contributed by atoms with Crippen LogP contribution in [0.2, 0.25) is 0 Å². The molecule has 3 aliphatic rings. The highest BCUT2D eigenvalue weighted by Crippen LogP contribution is 2.39. The first-order valence-corrected chi connectivity index (χ1v) is 7.72. The quantitative estimate of drug-likeness (QED) is 0.756. The van der Waals surface area contributed by atoms with Gasteiger partial charge in [-0.05, 0) is 38.0 Å². The third-order valence-electron chi connectivity index (χ3n) is 5.33. The number of ether oxygens (including phenoxy) is 1. The summed E-state index contributed by atoms with van der Waals surface area (Å²) < 4.78 is 6.55. The lowest BCUT2D eigenvalue weighted by Gasteiger charge is -2.50. The largest absolute Gasteiger partial charge is 0.369 e. The zero-order valence-electron chi connectivity index (χ0n) is 11.2. The lowest BCUT2D eigenvalue weighted by Crippen LogP contribution is -2.61. The monoisotopic (exact) mass is 237 g/mol. The topological polar surface area (TPSA) is 21.3 Å². The van der Waals surface area contributed by atoms with E-state index in [-0.39, 0.29) is 5.60 Å². The first-order valence-electron chi connectivity index (χ1n) is 7.72. The normalized spacial score (nSPS) is 41.1. The van der Waals surface area contributed by atoms with Gasteiger partial charge in [-0.25, -0.2) is 0 Å². The zero-order valence-corrected chi connectivity index (χ0v) is 11.2. The summed E-state index contributed by atoms with van der Waals surface area (Å²) in [5.74, 6) is 0.938. The number of fused-ring (bicyclic) bond motifs is 1. The summed E-state index contributed by atoms with van der Waals surface area (Å²) >= 11 is 0. The zero-order chi connectivity index (χ0) is 11.7. The van der Waals surface area contributed by atoms with Crippen LogP contribution in [0.25, 0.3) is 0 Å². The average molecular weight is 237 g/mol. The number of hydrogen-bond donors (Lipinski definition) is 1. The SMILES string of the molecule is CCC1CCC2OC3(CCCCC3)CNC2C1. The molecule has 98 valence electrons. The van der Waals surface area contributed by atoms with Gasteiger partial charge in [0.05, 0.1) is 11.7 Å². The molecule has 3 unspecified atom stereocenters. The van der Waals surface area contributed by atoms with Gasteiger partial charge < -0.3 is 10.1 Å². The molecule has 0 aromatic carbocycles. The van der Waals surface area contributed by atoms with E-state index in [0.29, 0.717) is 12.1 Å². The van der Waals surface area contributed by atoms with E-state index in [4.69, 9.17) is 4.74 Å². The molecule has 2 aliphatic carbocycles. The van der Waals surface area contributed by atoms with Crippen molar-refractivity contribution in [2.24, 2.45) is 5.92 Å². The van der Waals surface area contributed by atoms with Crippen molar-refractivity contribution in [1.29, 1.82) is 0 Å². The predicted molar refractivity (Wildman–Crippen MR) is 70.1 cm³/mol. The Balaban J connectivity index is 1.62. The summed E-state index contributed by atoms with van der Waals surface area (Å²) in [7, 11) is 0. The summed E-state index contributed by atoms with van der Waals surface area (Å²) in [6, 6.07) is 0.654. The van der Waals surface area contributed by atoms with Crippen molar-refractivity contribution >= 4 is 0 Å². The predicted octanol–water partition coefficient (Wildman–Crippen LogP) is 3.26. The lowest BCUT2D eigenvalue weighted by atomic mass is 9.77. The van der Waals surface area contributed by atoms with Crippen LogP contribution < -0.4 is 5.32 Å². The Morgan fingerprint density at radius 1 is 1.18 bits per heavy atom. The van der Waals surface area contributed by atoms with Crippen molar-refractivity contribution in [3.8, 4) is 0 Å². The molecule has 2 nitrogen and oxygen atoms in total. The Morgan fingerprint density at radius 3 is 2.76 bits per heavy atom. The van der Waals surface area contributed by atoms with Crippen molar-refractivity contribution in [3.63, 3.8) is 0 Å². The number of nitrogens with one attached hydrogen (secondary N) is 1. The van der Waals surface area contributed by atoms with E-state index in [1.54, 1.807) is 0 Å². The maximum atomic E-state index is 6.55. The highest BCUT2D eigenvalue weighted by molar-refractivity contribution is 4.97. The van der Waals surface area contributed by atoms with Crippen LogP contribution in [0.1, 0.15) is 64.7 Å². The molecule has 1 aliphatic heterocycles.